The summed E-state index contributed by atoms with van der Waals surface area (Å²) in [5, 5.41) is 0. The van der Waals surface area contributed by atoms with Crippen LogP contribution in [0.1, 0.15) is 27.0 Å². The molecule has 0 saturated carbocycles. The van der Waals surface area contributed by atoms with Gasteiger partial charge in [-0.25, -0.2) is 9.36 Å². The van der Waals surface area contributed by atoms with E-state index < -0.39 is 14.7 Å². The lowest BCUT2D eigenvalue weighted by atomic mass is 9.99. The third kappa shape index (κ3) is 1.99. The van der Waals surface area contributed by atoms with Crippen LogP contribution in [-0.2, 0) is 9.09 Å². The quantitative estimate of drug-likeness (QED) is 0.705. The van der Waals surface area contributed by atoms with Gasteiger partial charge in [-0.15, -0.1) is 0 Å². The highest BCUT2D eigenvalue weighted by Gasteiger charge is 2.12. The van der Waals surface area contributed by atoms with Crippen LogP contribution in [0.3, 0.4) is 0 Å². The zero-order chi connectivity index (χ0) is 10.7. The lowest BCUT2D eigenvalue weighted by Gasteiger charge is -2.08. The van der Waals surface area contributed by atoms with Crippen LogP contribution in [0.5, 0.6) is 0 Å². The molecule has 0 aliphatic carbocycles. The Balaban J connectivity index is 3.17. The molecule has 0 aliphatic rings. The molecule has 0 saturated heterocycles. The Hall–Kier alpha value is -1.21. The Bertz CT molecular complexity index is 385. The number of carbonyl (C=O) groups is 1. The van der Waals surface area contributed by atoms with Crippen LogP contribution in [0.15, 0.2) is 12.1 Å². The first-order valence-electron chi connectivity index (χ1n) is 4.18. The lowest BCUT2D eigenvalue weighted by Crippen LogP contribution is -2.03. The first-order valence-corrected chi connectivity index (χ1v) is 4.91. The minimum atomic E-state index is -0.611. The summed E-state index contributed by atoms with van der Waals surface area (Å²) in [6, 6.07) is 3.53. The fourth-order valence-corrected chi connectivity index (χ4v) is 1.43. The van der Waals surface area contributed by atoms with Gasteiger partial charge in [0.25, 0.3) is 0 Å². The van der Waals surface area contributed by atoms with Gasteiger partial charge in [-0.3, -0.25) is 0 Å². The molecular formula is C10H11O3P. The molecule has 0 heterocycles. The molecule has 0 aromatic heterocycles. The van der Waals surface area contributed by atoms with E-state index in [4.69, 9.17) is 0 Å². The molecule has 3 nitrogen and oxygen atoms in total. The fraction of sp³-hybridized carbons (Fsp3) is 0.300. The zero-order valence-corrected chi connectivity index (χ0v) is 9.22. The van der Waals surface area contributed by atoms with Crippen LogP contribution in [0.25, 0.3) is 0 Å². The molecule has 0 N–H and O–H groups in total. The summed E-state index contributed by atoms with van der Waals surface area (Å²) in [5.41, 5.74) is 3.52. The number of rotatable bonds is 2. The molecule has 0 radical (unpaired) electrons. The molecule has 0 bridgehead atoms. The van der Waals surface area contributed by atoms with Crippen molar-refractivity contribution in [2.24, 2.45) is 0 Å². The Morgan fingerprint density at radius 2 is 1.86 bits per heavy atom. The summed E-state index contributed by atoms with van der Waals surface area (Å²) in [7, 11) is -0.611. The second-order valence-corrected chi connectivity index (χ2v) is 3.46. The topological polar surface area (TPSA) is 43.4 Å². The van der Waals surface area contributed by atoms with Crippen molar-refractivity contribution in [2.75, 3.05) is 0 Å². The smallest absolute Gasteiger partial charge is 0.369 e. The normalized spacial score (nSPS) is 10.2. The summed E-state index contributed by atoms with van der Waals surface area (Å²) in [4.78, 5) is 11.3. The van der Waals surface area contributed by atoms with Gasteiger partial charge in [-0.2, -0.15) is 0 Å². The number of hydrogen-bond donors (Lipinski definition) is 0. The molecule has 1 aromatic rings. The van der Waals surface area contributed by atoms with Gasteiger partial charge in [-0.05, 0) is 43.5 Å². The van der Waals surface area contributed by atoms with Gasteiger partial charge in [0.05, 0.1) is 5.56 Å². The summed E-state index contributed by atoms with van der Waals surface area (Å²) in [6.07, 6.45) is 0. The molecular weight excluding hydrogens is 199 g/mol. The van der Waals surface area contributed by atoms with Crippen molar-refractivity contribution in [1.82, 2.24) is 0 Å². The van der Waals surface area contributed by atoms with Gasteiger partial charge in [0.2, 0.25) is 0 Å². The Labute approximate surface area is 84.4 Å². The van der Waals surface area contributed by atoms with E-state index in [1.54, 1.807) is 6.07 Å². The zero-order valence-electron chi connectivity index (χ0n) is 8.33. The molecule has 14 heavy (non-hydrogen) atoms. The number of aryl methyl sites for hydroxylation is 1. The van der Waals surface area contributed by atoms with Crippen LogP contribution in [0.4, 0.5) is 0 Å². The highest BCUT2D eigenvalue weighted by Crippen LogP contribution is 2.18. The van der Waals surface area contributed by atoms with Gasteiger partial charge >= 0.3 is 14.7 Å². The lowest BCUT2D eigenvalue weighted by molar-refractivity contribution is 0.0755. The second kappa shape index (κ2) is 4.34. The van der Waals surface area contributed by atoms with E-state index in [9.17, 15) is 9.36 Å². The average molecular weight is 210 g/mol. The minimum absolute atomic E-state index is 0.469. The maximum Gasteiger partial charge on any atom is 0.398 e. The maximum absolute atomic E-state index is 11.3. The number of hydrogen-bond acceptors (Lipinski definition) is 3. The minimum Gasteiger partial charge on any atom is -0.369 e. The summed E-state index contributed by atoms with van der Waals surface area (Å²) >= 11 is 0. The molecule has 0 fully saturated rings. The molecule has 74 valence electrons. The monoisotopic (exact) mass is 210 g/mol. The molecule has 4 heteroatoms. The van der Waals surface area contributed by atoms with E-state index >= 15 is 0 Å². The van der Waals surface area contributed by atoms with E-state index in [2.05, 4.69) is 4.52 Å². The first kappa shape index (κ1) is 10.9. The predicted molar refractivity (Wildman–Crippen MR) is 53.7 cm³/mol. The average Bonchev–Trinajstić information content (AvgIpc) is 2.15. The van der Waals surface area contributed by atoms with Crippen molar-refractivity contribution in [3.05, 3.63) is 34.4 Å². The fourth-order valence-electron chi connectivity index (χ4n) is 1.26. The van der Waals surface area contributed by atoms with Crippen LogP contribution in [0, 0.1) is 20.8 Å². The summed E-state index contributed by atoms with van der Waals surface area (Å²) in [6.45, 7) is 5.76. The molecule has 1 rings (SSSR count). The third-order valence-electron chi connectivity index (χ3n) is 2.40. The Morgan fingerprint density at radius 1 is 1.21 bits per heavy atom. The molecule has 0 amide bonds. The van der Waals surface area contributed by atoms with Gasteiger partial charge in [0.15, 0.2) is 0 Å². The largest absolute Gasteiger partial charge is 0.398 e. The molecule has 0 aliphatic heterocycles. The summed E-state index contributed by atoms with van der Waals surface area (Å²) < 4.78 is 14.5. The number of carbonyl (C=O) groups excluding carboxylic acids is 1. The standard InChI is InChI=1S/C10H11O3P/c1-6-4-5-9(8(3)7(6)2)10(11)13-14-12/h4-5H,1-3H3. The molecule has 0 atom stereocenters. The van der Waals surface area contributed by atoms with Gasteiger partial charge in [0, 0.05) is 0 Å². The van der Waals surface area contributed by atoms with E-state index in [0.717, 1.165) is 16.7 Å². The highest BCUT2D eigenvalue weighted by atomic mass is 31.1. The van der Waals surface area contributed by atoms with Crippen LogP contribution in [-0.4, -0.2) is 5.97 Å². The van der Waals surface area contributed by atoms with Gasteiger partial charge in [0.1, 0.15) is 0 Å². The van der Waals surface area contributed by atoms with Crippen molar-refractivity contribution in [3.8, 4) is 0 Å². The number of benzene rings is 1. The van der Waals surface area contributed by atoms with Crippen molar-refractivity contribution < 1.29 is 13.9 Å². The van der Waals surface area contributed by atoms with Crippen LogP contribution < -0.4 is 0 Å². The van der Waals surface area contributed by atoms with Crippen LogP contribution >= 0.6 is 8.69 Å². The first-order chi connectivity index (χ1) is 6.57. The molecule has 0 unspecified atom stereocenters. The molecule has 1 aromatic carbocycles. The van der Waals surface area contributed by atoms with Crippen molar-refractivity contribution in [1.29, 1.82) is 0 Å². The Morgan fingerprint density at radius 3 is 2.43 bits per heavy atom. The van der Waals surface area contributed by atoms with Crippen molar-refractivity contribution >= 4 is 14.7 Å². The van der Waals surface area contributed by atoms with E-state index in [1.165, 1.54) is 0 Å². The van der Waals surface area contributed by atoms with E-state index in [-0.39, 0.29) is 0 Å². The Kier molecular flexibility index (Phi) is 3.37. The van der Waals surface area contributed by atoms with Crippen molar-refractivity contribution in [3.63, 3.8) is 0 Å². The maximum atomic E-state index is 11.3. The van der Waals surface area contributed by atoms with Gasteiger partial charge in [-0.1, -0.05) is 6.07 Å². The second-order valence-electron chi connectivity index (χ2n) is 3.13. The van der Waals surface area contributed by atoms with Crippen LogP contribution in [0.2, 0.25) is 0 Å². The van der Waals surface area contributed by atoms with Crippen molar-refractivity contribution in [2.45, 2.75) is 20.8 Å². The summed E-state index contributed by atoms with van der Waals surface area (Å²) in [5.74, 6) is -0.553. The van der Waals surface area contributed by atoms with Gasteiger partial charge < -0.3 is 4.52 Å². The van der Waals surface area contributed by atoms with E-state index in [1.807, 2.05) is 26.8 Å². The molecule has 0 spiro atoms. The van der Waals surface area contributed by atoms with E-state index in [0.29, 0.717) is 5.56 Å². The SMILES string of the molecule is Cc1ccc(C(=O)OP=O)c(C)c1C. The predicted octanol–water partition coefficient (Wildman–Crippen LogP) is 2.98. The highest BCUT2D eigenvalue weighted by molar-refractivity contribution is 7.18. The third-order valence-corrected chi connectivity index (χ3v) is 2.64.